The summed E-state index contributed by atoms with van der Waals surface area (Å²) in [7, 11) is 1.65. The Balaban J connectivity index is 1.66. The van der Waals surface area contributed by atoms with Crippen LogP contribution in [0.3, 0.4) is 0 Å². The molecule has 0 atom stereocenters. The van der Waals surface area contributed by atoms with Crippen molar-refractivity contribution in [1.29, 1.82) is 5.26 Å². The quantitative estimate of drug-likeness (QED) is 0.637. The van der Waals surface area contributed by atoms with Gasteiger partial charge in [-0.05, 0) is 31.1 Å². The van der Waals surface area contributed by atoms with E-state index in [1.807, 2.05) is 29.6 Å². The Bertz CT molecular complexity index is 1030. The average molecular weight is 377 g/mol. The summed E-state index contributed by atoms with van der Waals surface area (Å²) >= 11 is 1.54. The minimum absolute atomic E-state index is 0.498. The van der Waals surface area contributed by atoms with Crippen LogP contribution in [0.5, 0.6) is 5.75 Å². The van der Waals surface area contributed by atoms with Crippen LogP contribution in [-0.4, -0.2) is 26.9 Å². The van der Waals surface area contributed by atoms with Gasteiger partial charge in [0.25, 0.3) is 0 Å². The first kappa shape index (κ1) is 17.4. The normalized spacial score (nSPS) is 14.3. The molecule has 3 heterocycles. The molecule has 0 aliphatic carbocycles. The zero-order chi connectivity index (χ0) is 18.6. The van der Waals surface area contributed by atoms with Gasteiger partial charge in [0.2, 0.25) is 0 Å². The van der Waals surface area contributed by atoms with Gasteiger partial charge < -0.3 is 9.30 Å². The maximum absolute atomic E-state index is 9.68. The largest absolute Gasteiger partial charge is 0.497 e. The smallest absolute Gasteiger partial charge is 0.174 e. The van der Waals surface area contributed by atoms with E-state index < -0.39 is 0 Å². The molecule has 1 aromatic carbocycles. The summed E-state index contributed by atoms with van der Waals surface area (Å²) in [5.74, 6) is 2.41. The Labute approximate surface area is 161 Å². The number of aromatic nitrogens is 4. The van der Waals surface area contributed by atoms with Gasteiger partial charge in [0.15, 0.2) is 5.82 Å². The third kappa shape index (κ3) is 3.62. The molecular weight excluding hydrogens is 358 g/mol. The van der Waals surface area contributed by atoms with Crippen molar-refractivity contribution < 1.29 is 4.74 Å². The number of nitrogens with zero attached hydrogens (tertiary/aromatic N) is 5. The van der Waals surface area contributed by atoms with Crippen LogP contribution in [0, 0.1) is 11.3 Å². The Kier molecular flexibility index (Phi) is 4.99. The van der Waals surface area contributed by atoms with Crippen LogP contribution in [0.2, 0.25) is 0 Å². The molecule has 0 saturated carbocycles. The number of methoxy groups -OCH3 is 1. The standard InChI is InChI=1S/C20H19N5OS/c1-26-17-7-5-6-14(11-17)20-22-16(13-27-20)10-15(12-21)19-24-23-18-8-3-2-4-9-25(18)19/h5-7,10-11,13H,2-4,8-9H2,1H3/b15-10-. The summed E-state index contributed by atoms with van der Waals surface area (Å²) in [4.78, 5) is 4.66. The second-order valence-electron chi connectivity index (χ2n) is 6.38. The third-order valence-corrected chi connectivity index (χ3v) is 5.51. The van der Waals surface area contributed by atoms with Gasteiger partial charge >= 0.3 is 0 Å². The van der Waals surface area contributed by atoms with Gasteiger partial charge in [0.05, 0.1) is 18.4 Å². The molecule has 0 spiro atoms. The van der Waals surface area contributed by atoms with Crippen LogP contribution in [0.15, 0.2) is 29.6 Å². The van der Waals surface area contributed by atoms with Crippen molar-refractivity contribution in [3.63, 3.8) is 0 Å². The highest BCUT2D eigenvalue weighted by Crippen LogP contribution is 2.28. The van der Waals surface area contributed by atoms with E-state index >= 15 is 0 Å². The number of rotatable bonds is 4. The summed E-state index contributed by atoms with van der Waals surface area (Å²) in [6.45, 7) is 0.864. The van der Waals surface area contributed by atoms with Crippen molar-refractivity contribution >= 4 is 23.0 Å². The Hall–Kier alpha value is -2.98. The summed E-state index contributed by atoms with van der Waals surface area (Å²) in [5.41, 5.74) is 2.24. The number of ether oxygens (including phenoxy) is 1. The number of aryl methyl sites for hydroxylation is 1. The fourth-order valence-corrected chi connectivity index (χ4v) is 3.99. The van der Waals surface area contributed by atoms with Gasteiger partial charge in [0.1, 0.15) is 22.7 Å². The van der Waals surface area contributed by atoms with E-state index in [4.69, 9.17) is 4.74 Å². The van der Waals surface area contributed by atoms with Crippen molar-refractivity contribution in [2.24, 2.45) is 0 Å². The monoisotopic (exact) mass is 377 g/mol. The maximum atomic E-state index is 9.68. The molecule has 3 aromatic rings. The first-order valence-electron chi connectivity index (χ1n) is 8.92. The molecular formula is C20H19N5OS. The lowest BCUT2D eigenvalue weighted by Gasteiger charge is -2.05. The molecule has 4 rings (SSSR count). The highest BCUT2D eigenvalue weighted by Gasteiger charge is 2.18. The molecule has 0 fully saturated rings. The van der Waals surface area contributed by atoms with E-state index in [0.717, 1.165) is 53.6 Å². The molecule has 0 amide bonds. The van der Waals surface area contributed by atoms with E-state index in [-0.39, 0.29) is 0 Å². The molecule has 1 aliphatic rings. The van der Waals surface area contributed by atoms with Gasteiger partial charge in [-0.15, -0.1) is 21.5 Å². The molecule has 2 aromatic heterocycles. The van der Waals surface area contributed by atoms with Gasteiger partial charge in [-0.2, -0.15) is 5.26 Å². The molecule has 0 N–H and O–H groups in total. The lowest BCUT2D eigenvalue weighted by atomic mass is 10.2. The van der Waals surface area contributed by atoms with Gasteiger partial charge in [-0.3, -0.25) is 0 Å². The summed E-state index contributed by atoms with van der Waals surface area (Å²) in [6.07, 6.45) is 6.11. The Morgan fingerprint density at radius 1 is 1.30 bits per heavy atom. The van der Waals surface area contributed by atoms with E-state index in [0.29, 0.717) is 11.4 Å². The molecule has 27 heavy (non-hydrogen) atoms. The molecule has 136 valence electrons. The van der Waals surface area contributed by atoms with Crippen LogP contribution in [0.1, 0.15) is 36.6 Å². The fourth-order valence-electron chi connectivity index (χ4n) is 3.22. The van der Waals surface area contributed by atoms with Crippen LogP contribution in [0.25, 0.3) is 22.2 Å². The summed E-state index contributed by atoms with van der Waals surface area (Å²) in [6, 6.07) is 10.1. The Morgan fingerprint density at radius 3 is 3.07 bits per heavy atom. The predicted molar refractivity (Wildman–Crippen MR) is 105 cm³/mol. The minimum atomic E-state index is 0.498. The Morgan fingerprint density at radius 2 is 2.22 bits per heavy atom. The number of benzene rings is 1. The van der Waals surface area contributed by atoms with Gasteiger partial charge in [-0.25, -0.2) is 4.98 Å². The van der Waals surface area contributed by atoms with Crippen molar-refractivity contribution in [2.75, 3.05) is 7.11 Å². The summed E-state index contributed by atoms with van der Waals surface area (Å²) < 4.78 is 7.36. The summed E-state index contributed by atoms with van der Waals surface area (Å²) in [5, 5.41) is 21.1. The molecule has 0 radical (unpaired) electrons. The second kappa shape index (κ2) is 7.72. The van der Waals surface area contributed by atoms with Crippen LogP contribution >= 0.6 is 11.3 Å². The predicted octanol–water partition coefficient (Wildman–Crippen LogP) is 4.20. The molecule has 7 heteroatoms. The minimum Gasteiger partial charge on any atom is -0.497 e. The van der Waals surface area contributed by atoms with Gasteiger partial charge in [-0.1, -0.05) is 18.6 Å². The molecule has 0 unspecified atom stereocenters. The molecule has 0 saturated heterocycles. The van der Waals surface area contributed by atoms with Crippen LogP contribution in [-0.2, 0) is 13.0 Å². The second-order valence-corrected chi connectivity index (χ2v) is 7.24. The molecule has 6 nitrogen and oxygen atoms in total. The van der Waals surface area contributed by atoms with E-state index in [2.05, 4.69) is 25.8 Å². The first-order valence-corrected chi connectivity index (χ1v) is 9.80. The zero-order valence-corrected chi connectivity index (χ0v) is 15.9. The van der Waals surface area contributed by atoms with E-state index in [9.17, 15) is 5.26 Å². The van der Waals surface area contributed by atoms with Gasteiger partial charge in [0, 0.05) is 23.9 Å². The lowest BCUT2D eigenvalue weighted by Crippen LogP contribution is -2.05. The van der Waals surface area contributed by atoms with Crippen LogP contribution in [0.4, 0.5) is 0 Å². The molecule has 0 bridgehead atoms. The topological polar surface area (TPSA) is 76.6 Å². The number of thiazole rings is 1. The SMILES string of the molecule is COc1cccc(-c2nc(/C=C(/C#N)c3nnc4n3CCCCC4)cs2)c1. The number of nitriles is 1. The highest BCUT2D eigenvalue weighted by atomic mass is 32.1. The average Bonchev–Trinajstić information content (AvgIpc) is 3.27. The highest BCUT2D eigenvalue weighted by molar-refractivity contribution is 7.13. The number of allylic oxidation sites excluding steroid dienone is 1. The molecule has 1 aliphatic heterocycles. The zero-order valence-electron chi connectivity index (χ0n) is 15.1. The first-order chi connectivity index (χ1) is 13.3. The third-order valence-electron chi connectivity index (χ3n) is 4.60. The van der Waals surface area contributed by atoms with E-state index in [1.165, 1.54) is 6.42 Å². The number of hydrogen-bond donors (Lipinski definition) is 0. The van der Waals surface area contributed by atoms with Crippen molar-refractivity contribution in [2.45, 2.75) is 32.2 Å². The van der Waals surface area contributed by atoms with Crippen molar-refractivity contribution in [3.05, 3.63) is 47.0 Å². The van der Waals surface area contributed by atoms with Crippen molar-refractivity contribution in [3.8, 4) is 22.4 Å². The lowest BCUT2D eigenvalue weighted by molar-refractivity contribution is 0.415. The fraction of sp³-hybridized carbons (Fsp3) is 0.300. The maximum Gasteiger partial charge on any atom is 0.174 e. The number of fused-ring (bicyclic) bond motifs is 1. The van der Waals surface area contributed by atoms with Crippen LogP contribution < -0.4 is 4.74 Å². The van der Waals surface area contributed by atoms with Crippen molar-refractivity contribution in [1.82, 2.24) is 19.7 Å². The van der Waals surface area contributed by atoms with E-state index in [1.54, 1.807) is 24.5 Å². The number of hydrogen-bond acceptors (Lipinski definition) is 6.